The van der Waals surface area contributed by atoms with Crippen LogP contribution in [-0.4, -0.2) is 10.5 Å². The minimum atomic E-state index is -1.12. The van der Waals surface area contributed by atoms with Gasteiger partial charge >= 0.3 is 0 Å². The summed E-state index contributed by atoms with van der Waals surface area (Å²) >= 11 is 6.47. The molecule has 0 fully saturated rings. The lowest BCUT2D eigenvalue weighted by atomic mass is 10.3. The fourth-order valence-corrected chi connectivity index (χ4v) is 2.62. The lowest BCUT2D eigenvalue weighted by Gasteiger charge is -2.04. The molecule has 0 aliphatic rings. The monoisotopic (exact) mass is 224 g/mol. The van der Waals surface area contributed by atoms with Crippen molar-refractivity contribution >= 4 is 39.7 Å². The van der Waals surface area contributed by atoms with Crippen LogP contribution in [0.4, 0.5) is 0 Å². The number of aromatic nitrogens is 1. The first-order chi connectivity index (χ1) is 6.68. The van der Waals surface area contributed by atoms with Gasteiger partial charge in [0, 0.05) is 0 Å². The van der Waals surface area contributed by atoms with Crippen molar-refractivity contribution in [2.45, 2.75) is 6.54 Å². The van der Waals surface area contributed by atoms with Gasteiger partial charge in [0.05, 0.1) is 22.7 Å². The molecule has 3 nitrogen and oxygen atoms in total. The van der Waals surface area contributed by atoms with Crippen LogP contribution in [0.25, 0.3) is 10.2 Å². The van der Waals surface area contributed by atoms with Crippen molar-refractivity contribution in [1.82, 2.24) is 4.57 Å². The number of benzene rings is 1. The summed E-state index contributed by atoms with van der Waals surface area (Å²) in [5, 5.41) is 10.5. The lowest BCUT2D eigenvalue weighted by molar-refractivity contribution is -0.306. The highest BCUT2D eigenvalue weighted by Gasteiger charge is 2.03. The molecular weight excluding hydrogens is 218 g/mol. The van der Waals surface area contributed by atoms with Crippen molar-refractivity contribution in [3.63, 3.8) is 0 Å². The van der Waals surface area contributed by atoms with Crippen LogP contribution in [-0.2, 0) is 11.3 Å². The molecule has 0 N–H and O–H groups in total. The third-order valence-corrected chi connectivity index (χ3v) is 3.29. The zero-order valence-corrected chi connectivity index (χ0v) is 8.73. The molecule has 1 heterocycles. The van der Waals surface area contributed by atoms with Crippen LogP contribution in [0.3, 0.4) is 0 Å². The van der Waals surface area contributed by atoms with Crippen LogP contribution in [0.2, 0.25) is 0 Å². The van der Waals surface area contributed by atoms with E-state index in [1.165, 1.54) is 11.3 Å². The number of thiazole rings is 1. The Kier molecular flexibility index (Phi) is 2.35. The average Bonchev–Trinajstić information content (AvgIpc) is 2.43. The van der Waals surface area contributed by atoms with Crippen molar-refractivity contribution < 1.29 is 9.90 Å². The zero-order valence-electron chi connectivity index (χ0n) is 7.10. The maximum Gasteiger partial charge on any atom is 0.162 e. The van der Waals surface area contributed by atoms with E-state index in [4.69, 9.17) is 12.2 Å². The minimum Gasteiger partial charge on any atom is -0.548 e. The summed E-state index contributed by atoms with van der Waals surface area (Å²) in [6.45, 7) is -0.178. The first kappa shape index (κ1) is 9.36. The van der Waals surface area contributed by atoms with Crippen LogP contribution < -0.4 is 5.11 Å². The van der Waals surface area contributed by atoms with E-state index in [0.717, 1.165) is 10.2 Å². The number of carbonyl (C=O) groups is 1. The first-order valence-corrected chi connectivity index (χ1v) is 5.19. The summed E-state index contributed by atoms with van der Waals surface area (Å²) in [6.07, 6.45) is 0. The van der Waals surface area contributed by atoms with Crippen molar-refractivity contribution in [3.05, 3.63) is 28.2 Å². The predicted octanol–water partition coefficient (Wildman–Crippen LogP) is 1.18. The minimum absolute atomic E-state index is 0.178. The highest BCUT2D eigenvalue weighted by Crippen LogP contribution is 2.22. The number of rotatable bonds is 2. The number of hydrogen-bond donors (Lipinski definition) is 0. The van der Waals surface area contributed by atoms with E-state index in [-0.39, 0.29) is 6.54 Å². The quantitative estimate of drug-likeness (QED) is 0.720. The Morgan fingerprint density at radius 1 is 1.50 bits per heavy atom. The van der Waals surface area contributed by atoms with Gasteiger partial charge in [-0.25, -0.2) is 0 Å². The molecule has 0 bridgehead atoms. The normalized spacial score (nSPS) is 10.6. The molecule has 0 unspecified atom stereocenters. The largest absolute Gasteiger partial charge is 0.548 e. The Morgan fingerprint density at radius 3 is 2.93 bits per heavy atom. The number of hydrogen-bond acceptors (Lipinski definition) is 4. The second-order valence-electron chi connectivity index (χ2n) is 2.79. The number of carboxylic acid groups (broad SMARTS) is 1. The summed E-state index contributed by atoms with van der Waals surface area (Å²) in [5.41, 5.74) is 0.853. The smallest absolute Gasteiger partial charge is 0.162 e. The summed E-state index contributed by atoms with van der Waals surface area (Å²) in [6, 6.07) is 7.53. The van der Waals surface area contributed by atoms with Crippen LogP contribution in [0.5, 0.6) is 0 Å². The maximum absolute atomic E-state index is 10.5. The second kappa shape index (κ2) is 3.51. The van der Waals surface area contributed by atoms with Gasteiger partial charge in [-0.15, -0.1) is 11.3 Å². The standard InChI is InChI=1S/C9H7NO2S2/c11-8(12)5-10-6-3-1-2-4-7(6)14-9(10)13/h1-4H,5H2,(H,11,12)/p-1. The molecule has 2 rings (SSSR count). The van der Waals surface area contributed by atoms with Crippen molar-refractivity contribution in [1.29, 1.82) is 0 Å². The number of para-hydroxylation sites is 1. The molecule has 0 amide bonds. The van der Waals surface area contributed by atoms with E-state index < -0.39 is 5.97 Å². The Labute approximate surface area is 89.2 Å². The van der Waals surface area contributed by atoms with Crippen LogP contribution in [0.15, 0.2) is 24.3 Å². The fraction of sp³-hybridized carbons (Fsp3) is 0.111. The van der Waals surface area contributed by atoms with Crippen molar-refractivity contribution in [2.24, 2.45) is 0 Å². The average molecular weight is 224 g/mol. The van der Waals surface area contributed by atoms with Crippen LogP contribution >= 0.6 is 23.6 Å². The zero-order chi connectivity index (χ0) is 10.1. The van der Waals surface area contributed by atoms with Gasteiger partial charge in [0.25, 0.3) is 0 Å². The van der Waals surface area contributed by atoms with Gasteiger partial charge < -0.3 is 14.5 Å². The summed E-state index contributed by atoms with van der Waals surface area (Å²) in [7, 11) is 0. The summed E-state index contributed by atoms with van der Waals surface area (Å²) in [5.74, 6) is -1.12. The number of nitrogens with zero attached hydrogens (tertiary/aromatic N) is 1. The van der Waals surface area contributed by atoms with Gasteiger partial charge in [-0.3, -0.25) is 0 Å². The molecule has 0 aliphatic heterocycles. The molecule has 0 saturated heterocycles. The molecule has 0 aliphatic carbocycles. The molecule has 0 atom stereocenters. The molecule has 0 saturated carbocycles. The van der Waals surface area contributed by atoms with Crippen LogP contribution in [0.1, 0.15) is 0 Å². The Bertz CT molecular complexity index is 541. The molecule has 14 heavy (non-hydrogen) atoms. The Balaban J connectivity index is 2.68. The van der Waals surface area contributed by atoms with Gasteiger partial charge in [0.1, 0.15) is 0 Å². The molecule has 5 heteroatoms. The molecule has 0 spiro atoms. The highest BCUT2D eigenvalue weighted by molar-refractivity contribution is 7.73. The Morgan fingerprint density at radius 2 is 2.21 bits per heavy atom. The van der Waals surface area contributed by atoms with Crippen molar-refractivity contribution in [2.75, 3.05) is 0 Å². The summed E-state index contributed by atoms with van der Waals surface area (Å²) < 4.78 is 3.14. The molecule has 72 valence electrons. The van der Waals surface area contributed by atoms with Gasteiger partial charge in [0.15, 0.2) is 3.95 Å². The maximum atomic E-state index is 10.5. The van der Waals surface area contributed by atoms with E-state index >= 15 is 0 Å². The molecule has 1 aromatic heterocycles. The molecule has 1 aromatic carbocycles. The van der Waals surface area contributed by atoms with Gasteiger partial charge in [-0.05, 0) is 24.4 Å². The topological polar surface area (TPSA) is 45.1 Å². The molecule has 2 aromatic rings. The second-order valence-corrected chi connectivity index (χ2v) is 4.47. The Hall–Kier alpha value is -1.20. The van der Waals surface area contributed by atoms with Gasteiger partial charge in [-0.1, -0.05) is 12.1 Å². The van der Waals surface area contributed by atoms with Gasteiger partial charge in [0.2, 0.25) is 0 Å². The van der Waals surface area contributed by atoms with E-state index in [2.05, 4.69) is 0 Å². The third kappa shape index (κ3) is 1.56. The van der Waals surface area contributed by atoms with Gasteiger partial charge in [-0.2, -0.15) is 0 Å². The van der Waals surface area contributed by atoms with E-state index in [0.29, 0.717) is 3.95 Å². The highest BCUT2D eigenvalue weighted by atomic mass is 32.1. The van der Waals surface area contributed by atoms with Crippen LogP contribution in [0, 0.1) is 3.95 Å². The van der Waals surface area contributed by atoms with E-state index in [1.54, 1.807) is 4.57 Å². The fourth-order valence-electron chi connectivity index (χ4n) is 1.29. The van der Waals surface area contributed by atoms with Crippen molar-refractivity contribution in [3.8, 4) is 0 Å². The van der Waals surface area contributed by atoms with E-state index in [9.17, 15) is 9.90 Å². The first-order valence-electron chi connectivity index (χ1n) is 3.96. The number of carbonyl (C=O) groups excluding carboxylic acids is 1. The SMILES string of the molecule is O=C([O-])Cn1c(=S)sc2ccccc21. The molecule has 0 radical (unpaired) electrons. The molecular formula is C9H6NO2S2-. The third-order valence-electron chi connectivity index (χ3n) is 1.86. The van der Waals surface area contributed by atoms with E-state index in [1.807, 2.05) is 24.3 Å². The summed E-state index contributed by atoms with van der Waals surface area (Å²) in [4.78, 5) is 10.5. The number of carboxylic acids is 1. The number of fused-ring (bicyclic) bond motifs is 1. The lowest BCUT2D eigenvalue weighted by Crippen LogP contribution is -2.27. The number of aliphatic carboxylic acids is 1. The predicted molar refractivity (Wildman–Crippen MR) is 55.7 cm³/mol.